The van der Waals surface area contributed by atoms with Crippen molar-refractivity contribution < 1.29 is 0 Å². The third kappa shape index (κ3) is 5.49. The highest BCUT2D eigenvalue weighted by atomic mass is 32.2. The summed E-state index contributed by atoms with van der Waals surface area (Å²) >= 11 is 1.42. The van der Waals surface area contributed by atoms with E-state index in [0.717, 1.165) is 18.7 Å². The summed E-state index contributed by atoms with van der Waals surface area (Å²) in [5.74, 6) is 1.03. The quantitative estimate of drug-likeness (QED) is 0.566. The summed E-state index contributed by atoms with van der Waals surface area (Å²) in [5.41, 5.74) is 0. The highest BCUT2D eigenvalue weighted by molar-refractivity contribution is 7.97. The molecule has 0 aliphatic carbocycles. The smallest absolute Gasteiger partial charge is 0.0222 e. The van der Waals surface area contributed by atoms with E-state index >= 15 is 0 Å². The first-order chi connectivity index (χ1) is 5.22. The van der Waals surface area contributed by atoms with E-state index in [1.54, 1.807) is 0 Å². The molecule has 0 aromatic rings. The molecule has 0 aromatic carbocycles. The third-order valence-electron chi connectivity index (χ3n) is 1.74. The van der Waals surface area contributed by atoms with Crippen molar-refractivity contribution >= 4 is 11.9 Å². The summed E-state index contributed by atoms with van der Waals surface area (Å²) in [6, 6.07) is 0.607. The lowest BCUT2D eigenvalue weighted by Gasteiger charge is -2.23. The Morgan fingerprint density at radius 3 is 2.55 bits per heavy atom. The number of nitrogens with zero attached hydrogens (tertiary/aromatic N) is 1. The molecule has 0 aromatic heterocycles. The van der Waals surface area contributed by atoms with Crippen molar-refractivity contribution in [2.45, 2.75) is 12.5 Å². The molecule has 0 saturated heterocycles. The van der Waals surface area contributed by atoms with Gasteiger partial charge in [0, 0.05) is 18.3 Å². The van der Waals surface area contributed by atoms with Crippen LogP contribution in [-0.2, 0) is 0 Å². The van der Waals surface area contributed by atoms with E-state index in [9.17, 15) is 0 Å². The predicted molar refractivity (Wildman–Crippen MR) is 52.7 cm³/mol. The Morgan fingerprint density at radius 1 is 1.55 bits per heavy atom. The second kappa shape index (κ2) is 6.91. The average Bonchev–Trinajstić information content (AvgIpc) is 1.97. The van der Waals surface area contributed by atoms with Crippen LogP contribution in [-0.4, -0.2) is 44.4 Å². The number of nitrogens with one attached hydrogen (secondary N) is 1. The van der Waals surface area contributed by atoms with E-state index in [1.165, 1.54) is 11.9 Å². The van der Waals surface area contributed by atoms with Crippen LogP contribution in [0.4, 0.5) is 0 Å². The Labute approximate surface area is 73.8 Å². The molecule has 0 amide bonds. The van der Waals surface area contributed by atoms with Crippen LogP contribution in [0, 0.1) is 0 Å². The van der Waals surface area contributed by atoms with Crippen molar-refractivity contribution in [1.29, 1.82) is 0 Å². The van der Waals surface area contributed by atoms with Gasteiger partial charge in [-0.1, -0.05) is 11.9 Å². The average molecular weight is 177 g/mol. The molecule has 0 aliphatic heterocycles. The lowest BCUT2D eigenvalue weighted by molar-refractivity contribution is 0.282. The third-order valence-corrected chi connectivity index (χ3v) is 2.21. The highest BCUT2D eigenvalue weighted by Crippen LogP contribution is 2.01. The number of hydrogen-bond donors (Lipinski definition) is 2. The Kier molecular flexibility index (Phi) is 7.06. The Hall–Kier alpha value is 0.230. The minimum Gasteiger partial charge on any atom is -0.318 e. The van der Waals surface area contributed by atoms with Crippen LogP contribution in [0.5, 0.6) is 0 Å². The summed E-state index contributed by atoms with van der Waals surface area (Å²) in [4.78, 5) is 2.23. The summed E-state index contributed by atoms with van der Waals surface area (Å²) in [6.45, 7) is 1.04. The van der Waals surface area contributed by atoms with Crippen LogP contribution in [0.15, 0.2) is 0 Å². The Morgan fingerprint density at radius 2 is 2.18 bits per heavy atom. The molecule has 0 bridgehead atoms. The molecular weight excluding hydrogens is 158 g/mol. The molecule has 11 heavy (non-hydrogen) atoms. The van der Waals surface area contributed by atoms with Gasteiger partial charge in [0.25, 0.3) is 0 Å². The van der Waals surface area contributed by atoms with E-state index in [-0.39, 0.29) is 0 Å². The zero-order valence-electron chi connectivity index (χ0n) is 7.63. The second-order valence-corrected chi connectivity index (χ2v) is 3.58. The summed E-state index contributed by atoms with van der Waals surface area (Å²) in [5, 5.41) is 8.52. The number of nitrogens with two attached hydrogens (primary N) is 1. The minimum absolute atomic E-state index is 0.607. The largest absolute Gasteiger partial charge is 0.318 e. The topological polar surface area (TPSA) is 41.3 Å². The second-order valence-electron chi connectivity index (χ2n) is 2.83. The molecule has 0 saturated carbocycles. The summed E-state index contributed by atoms with van der Waals surface area (Å²) in [7, 11) is 6.18. The molecule has 0 rings (SSSR count). The van der Waals surface area contributed by atoms with Crippen molar-refractivity contribution in [3.63, 3.8) is 0 Å². The van der Waals surface area contributed by atoms with Crippen molar-refractivity contribution in [2.75, 3.05) is 33.4 Å². The van der Waals surface area contributed by atoms with Gasteiger partial charge in [-0.2, -0.15) is 0 Å². The van der Waals surface area contributed by atoms with Gasteiger partial charge in [-0.15, -0.1) is 0 Å². The minimum atomic E-state index is 0.607. The van der Waals surface area contributed by atoms with Crippen molar-refractivity contribution in [1.82, 2.24) is 10.2 Å². The van der Waals surface area contributed by atoms with Crippen LogP contribution >= 0.6 is 11.9 Å². The molecule has 0 heterocycles. The SMILES string of the molecule is CNCC(CCSN)N(C)C. The summed E-state index contributed by atoms with van der Waals surface area (Å²) in [6.07, 6.45) is 1.15. The van der Waals surface area contributed by atoms with Crippen molar-refractivity contribution in [3.05, 3.63) is 0 Å². The normalized spacial score (nSPS) is 13.9. The molecule has 68 valence electrons. The van der Waals surface area contributed by atoms with Crippen LogP contribution < -0.4 is 10.5 Å². The molecule has 3 nitrogen and oxygen atoms in total. The van der Waals surface area contributed by atoms with Gasteiger partial charge < -0.3 is 10.2 Å². The molecule has 1 atom stereocenters. The zero-order chi connectivity index (χ0) is 8.69. The van der Waals surface area contributed by atoms with Gasteiger partial charge in [0.05, 0.1) is 0 Å². The van der Waals surface area contributed by atoms with Gasteiger partial charge in [-0.3, -0.25) is 5.14 Å². The highest BCUT2D eigenvalue weighted by Gasteiger charge is 2.08. The maximum absolute atomic E-state index is 5.35. The molecule has 4 heteroatoms. The first kappa shape index (κ1) is 11.2. The number of hydrogen-bond acceptors (Lipinski definition) is 4. The monoisotopic (exact) mass is 177 g/mol. The fourth-order valence-corrected chi connectivity index (χ4v) is 1.39. The van der Waals surface area contributed by atoms with Gasteiger partial charge >= 0.3 is 0 Å². The van der Waals surface area contributed by atoms with E-state index < -0.39 is 0 Å². The van der Waals surface area contributed by atoms with E-state index in [2.05, 4.69) is 24.3 Å². The molecule has 0 aliphatic rings. The zero-order valence-corrected chi connectivity index (χ0v) is 8.45. The van der Waals surface area contributed by atoms with Gasteiger partial charge in [-0.25, -0.2) is 0 Å². The molecular formula is C7H19N3S. The van der Waals surface area contributed by atoms with Crippen LogP contribution in [0.1, 0.15) is 6.42 Å². The van der Waals surface area contributed by atoms with Gasteiger partial charge in [0.15, 0.2) is 0 Å². The first-order valence-corrected chi connectivity index (χ1v) is 4.90. The lowest BCUT2D eigenvalue weighted by atomic mass is 10.2. The van der Waals surface area contributed by atoms with Crippen LogP contribution in [0.25, 0.3) is 0 Å². The summed E-state index contributed by atoms with van der Waals surface area (Å²) < 4.78 is 0. The van der Waals surface area contributed by atoms with Gasteiger partial charge in [0.2, 0.25) is 0 Å². The van der Waals surface area contributed by atoms with Crippen LogP contribution in [0.3, 0.4) is 0 Å². The number of likely N-dealkylation sites (N-methyl/N-ethyl adjacent to an activating group) is 2. The molecule has 0 spiro atoms. The first-order valence-electron chi connectivity index (χ1n) is 3.85. The Balaban J connectivity index is 3.51. The Bertz CT molecular complexity index is 87.8. The fraction of sp³-hybridized carbons (Fsp3) is 1.00. The fourth-order valence-electron chi connectivity index (χ4n) is 0.983. The van der Waals surface area contributed by atoms with Crippen molar-refractivity contribution in [3.8, 4) is 0 Å². The lowest BCUT2D eigenvalue weighted by Crippen LogP contribution is -2.37. The number of rotatable bonds is 6. The van der Waals surface area contributed by atoms with Gasteiger partial charge in [-0.05, 0) is 27.6 Å². The molecule has 0 fully saturated rings. The predicted octanol–water partition coefficient (Wildman–Crippen LogP) is 0.133. The van der Waals surface area contributed by atoms with Crippen molar-refractivity contribution in [2.24, 2.45) is 5.14 Å². The maximum Gasteiger partial charge on any atom is 0.0222 e. The van der Waals surface area contributed by atoms with E-state index in [4.69, 9.17) is 5.14 Å². The molecule has 0 radical (unpaired) electrons. The standard InChI is InChI=1S/C7H19N3S/c1-9-6-7(10(2)3)4-5-11-8/h7,9H,4-6,8H2,1-3H3. The molecule has 1 unspecified atom stereocenters. The van der Waals surface area contributed by atoms with E-state index in [1.807, 2.05) is 7.05 Å². The van der Waals surface area contributed by atoms with Crippen LogP contribution in [0.2, 0.25) is 0 Å². The maximum atomic E-state index is 5.35. The van der Waals surface area contributed by atoms with E-state index in [0.29, 0.717) is 6.04 Å². The molecule has 3 N–H and O–H groups in total. The van der Waals surface area contributed by atoms with Gasteiger partial charge in [0.1, 0.15) is 0 Å².